The van der Waals surface area contributed by atoms with E-state index < -0.39 is 10.0 Å². The van der Waals surface area contributed by atoms with Crippen LogP contribution in [0.3, 0.4) is 0 Å². The maximum absolute atomic E-state index is 12.2. The van der Waals surface area contributed by atoms with Crippen LogP contribution in [0.4, 0.5) is 0 Å². The minimum absolute atomic E-state index is 0.0440. The Hall–Kier alpha value is -0.930. The molecule has 0 amide bonds. The SMILES string of the molecule is COCCNCc1ccc(S(=O)(=O)NC2CCOCC2)o1. The average Bonchev–Trinajstić information content (AvgIpc) is 2.94. The van der Waals surface area contributed by atoms with E-state index in [2.05, 4.69) is 10.0 Å². The fraction of sp³-hybridized carbons (Fsp3) is 0.692. The normalized spacial score (nSPS) is 17.2. The van der Waals surface area contributed by atoms with Crippen molar-refractivity contribution in [3.8, 4) is 0 Å². The van der Waals surface area contributed by atoms with Gasteiger partial charge in [-0.2, -0.15) is 0 Å². The zero-order valence-electron chi connectivity index (χ0n) is 12.1. The summed E-state index contributed by atoms with van der Waals surface area (Å²) in [6.07, 6.45) is 1.37. The minimum atomic E-state index is -3.60. The van der Waals surface area contributed by atoms with Crippen molar-refractivity contribution in [2.75, 3.05) is 33.5 Å². The Morgan fingerprint density at radius 3 is 2.81 bits per heavy atom. The summed E-state index contributed by atoms with van der Waals surface area (Å²) < 4.78 is 42.6. The molecule has 0 spiro atoms. The zero-order chi connectivity index (χ0) is 15.1. The summed E-state index contributed by atoms with van der Waals surface area (Å²) >= 11 is 0. The Morgan fingerprint density at radius 2 is 2.10 bits per heavy atom. The maximum atomic E-state index is 12.2. The van der Waals surface area contributed by atoms with Crippen molar-refractivity contribution in [1.82, 2.24) is 10.0 Å². The first-order valence-electron chi connectivity index (χ1n) is 7.00. The fourth-order valence-electron chi connectivity index (χ4n) is 2.08. The Kier molecular flexibility index (Phi) is 6.19. The molecule has 21 heavy (non-hydrogen) atoms. The monoisotopic (exact) mass is 318 g/mol. The van der Waals surface area contributed by atoms with E-state index in [0.29, 0.717) is 51.5 Å². The highest BCUT2D eigenvalue weighted by molar-refractivity contribution is 7.89. The number of hydrogen-bond acceptors (Lipinski definition) is 6. The van der Waals surface area contributed by atoms with Gasteiger partial charge in [-0.1, -0.05) is 0 Å². The van der Waals surface area contributed by atoms with Gasteiger partial charge in [0.05, 0.1) is 13.2 Å². The molecular weight excluding hydrogens is 296 g/mol. The van der Waals surface area contributed by atoms with Gasteiger partial charge in [0.25, 0.3) is 10.0 Å². The van der Waals surface area contributed by atoms with Gasteiger partial charge in [0, 0.05) is 32.9 Å². The highest BCUT2D eigenvalue weighted by Crippen LogP contribution is 2.16. The van der Waals surface area contributed by atoms with Gasteiger partial charge in [0.15, 0.2) is 0 Å². The molecule has 1 aliphatic rings. The predicted molar refractivity (Wildman–Crippen MR) is 76.5 cm³/mol. The highest BCUT2D eigenvalue weighted by atomic mass is 32.2. The Bertz CT molecular complexity index is 522. The van der Waals surface area contributed by atoms with Gasteiger partial charge < -0.3 is 19.2 Å². The third-order valence-corrected chi connectivity index (χ3v) is 4.62. The number of furan rings is 1. The lowest BCUT2D eigenvalue weighted by Crippen LogP contribution is -2.38. The van der Waals surface area contributed by atoms with Gasteiger partial charge in [0.1, 0.15) is 5.76 Å². The van der Waals surface area contributed by atoms with Crippen molar-refractivity contribution in [1.29, 1.82) is 0 Å². The molecule has 2 rings (SSSR count). The van der Waals surface area contributed by atoms with Gasteiger partial charge in [-0.15, -0.1) is 0 Å². The average molecular weight is 318 g/mol. The third-order valence-electron chi connectivity index (χ3n) is 3.23. The molecule has 1 fully saturated rings. The summed E-state index contributed by atoms with van der Waals surface area (Å²) in [5, 5.41) is 3.05. The number of methoxy groups -OCH3 is 1. The zero-order valence-corrected chi connectivity index (χ0v) is 12.9. The second-order valence-corrected chi connectivity index (χ2v) is 6.54. The topological polar surface area (TPSA) is 89.8 Å². The van der Waals surface area contributed by atoms with Gasteiger partial charge in [-0.3, -0.25) is 0 Å². The van der Waals surface area contributed by atoms with E-state index in [1.807, 2.05) is 0 Å². The molecule has 1 aliphatic heterocycles. The molecule has 0 unspecified atom stereocenters. The van der Waals surface area contributed by atoms with Crippen LogP contribution < -0.4 is 10.0 Å². The molecule has 1 aromatic heterocycles. The Balaban J connectivity index is 1.89. The summed E-state index contributed by atoms with van der Waals surface area (Å²) in [5.74, 6) is 0.582. The lowest BCUT2D eigenvalue weighted by Gasteiger charge is -2.22. The van der Waals surface area contributed by atoms with Crippen LogP contribution in [0.2, 0.25) is 0 Å². The summed E-state index contributed by atoms with van der Waals surface area (Å²) in [7, 11) is -1.97. The van der Waals surface area contributed by atoms with Crippen LogP contribution in [-0.4, -0.2) is 47.9 Å². The summed E-state index contributed by atoms with van der Waals surface area (Å²) in [6.45, 7) is 2.91. The van der Waals surface area contributed by atoms with Crippen molar-refractivity contribution < 1.29 is 22.3 Å². The van der Waals surface area contributed by atoms with Crippen molar-refractivity contribution in [3.63, 3.8) is 0 Å². The number of rotatable bonds is 8. The van der Waals surface area contributed by atoms with Crippen LogP contribution in [0.15, 0.2) is 21.6 Å². The minimum Gasteiger partial charge on any atom is -0.447 e. The smallest absolute Gasteiger partial charge is 0.274 e. The molecule has 7 nitrogen and oxygen atoms in total. The van der Waals surface area contributed by atoms with Crippen molar-refractivity contribution in [3.05, 3.63) is 17.9 Å². The van der Waals surface area contributed by atoms with Gasteiger partial charge >= 0.3 is 0 Å². The van der Waals surface area contributed by atoms with E-state index in [0.717, 1.165) is 0 Å². The van der Waals surface area contributed by atoms with E-state index in [1.165, 1.54) is 6.07 Å². The first-order valence-corrected chi connectivity index (χ1v) is 8.48. The standard InChI is InChI=1S/C13H22N2O5S/c1-18-9-6-14-10-12-2-3-13(20-12)21(16,17)15-11-4-7-19-8-5-11/h2-3,11,14-15H,4-10H2,1H3. The second-order valence-electron chi connectivity index (χ2n) is 4.90. The predicted octanol–water partition coefficient (Wildman–Crippen LogP) is 0.473. The molecule has 8 heteroatoms. The molecule has 0 radical (unpaired) electrons. The fourth-order valence-corrected chi connectivity index (χ4v) is 3.33. The Labute approximate surface area is 125 Å². The molecule has 0 aliphatic carbocycles. The number of ether oxygens (including phenoxy) is 2. The number of hydrogen-bond donors (Lipinski definition) is 2. The molecule has 1 aromatic rings. The summed E-state index contributed by atoms with van der Waals surface area (Å²) in [4.78, 5) is 0. The van der Waals surface area contributed by atoms with Gasteiger partial charge in [0.2, 0.25) is 5.09 Å². The third kappa shape index (κ3) is 5.08. The second kappa shape index (κ2) is 7.90. The van der Waals surface area contributed by atoms with Crippen LogP contribution in [-0.2, 0) is 26.0 Å². The first kappa shape index (κ1) is 16.4. The molecule has 0 bridgehead atoms. The molecule has 120 valence electrons. The first-order chi connectivity index (χ1) is 10.1. The molecule has 0 atom stereocenters. The van der Waals surface area contributed by atoms with Crippen LogP contribution in [0, 0.1) is 0 Å². The molecule has 1 saturated heterocycles. The largest absolute Gasteiger partial charge is 0.447 e. The van der Waals surface area contributed by atoms with Crippen molar-refractivity contribution in [2.24, 2.45) is 0 Å². The summed E-state index contributed by atoms with van der Waals surface area (Å²) in [6, 6.07) is 3.06. The van der Waals surface area contributed by atoms with E-state index in [9.17, 15) is 8.42 Å². The molecule has 0 aromatic carbocycles. The van der Waals surface area contributed by atoms with Gasteiger partial charge in [-0.25, -0.2) is 13.1 Å². The van der Waals surface area contributed by atoms with Crippen molar-refractivity contribution in [2.45, 2.75) is 30.5 Å². The molecule has 2 heterocycles. The van der Waals surface area contributed by atoms with Crippen LogP contribution >= 0.6 is 0 Å². The maximum Gasteiger partial charge on any atom is 0.274 e. The molecule has 0 saturated carbocycles. The number of nitrogens with one attached hydrogen (secondary N) is 2. The van der Waals surface area contributed by atoms with Crippen molar-refractivity contribution >= 4 is 10.0 Å². The quantitative estimate of drug-likeness (QED) is 0.677. The van der Waals surface area contributed by atoms with Crippen LogP contribution in [0.25, 0.3) is 0 Å². The molecule has 2 N–H and O–H groups in total. The van der Waals surface area contributed by atoms with E-state index in [-0.39, 0.29) is 11.1 Å². The van der Waals surface area contributed by atoms with Crippen LogP contribution in [0.1, 0.15) is 18.6 Å². The molecular formula is C13H22N2O5S. The van der Waals surface area contributed by atoms with E-state index in [4.69, 9.17) is 13.9 Å². The lowest BCUT2D eigenvalue weighted by molar-refractivity contribution is 0.0831. The lowest BCUT2D eigenvalue weighted by atomic mass is 10.1. The van der Waals surface area contributed by atoms with Gasteiger partial charge in [-0.05, 0) is 25.0 Å². The summed E-state index contributed by atoms with van der Waals surface area (Å²) in [5.41, 5.74) is 0. The van der Waals surface area contributed by atoms with E-state index >= 15 is 0 Å². The Morgan fingerprint density at radius 1 is 1.33 bits per heavy atom. The van der Waals surface area contributed by atoms with Crippen LogP contribution in [0.5, 0.6) is 0 Å². The van der Waals surface area contributed by atoms with E-state index in [1.54, 1.807) is 13.2 Å². The number of sulfonamides is 1. The highest BCUT2D eigenvalue weighted by Gasteiger charge is 2.24.